The Bertz CT molecular complexity index is 302. The van der Waals surface area contributed by atoms with Crippen molar-refractivity contribution < 1.29 is 19.5 Å². The second-order valence-electron chi connectivity index (χ2n) is 4.43. The van der Waals surface area contributed by atoms with Crippen LogP contribution < -0.4 is 10.6 Å². The van der Waals surface area contributed by atoms with Crippen LogP contribution in [0.4, 0.5) is 0 Å². The van der Waals surface area contributed by atoms with Gasteiger partial charge in [0.05, 0.1) is 0 Å². The number of amides is 2. The van der Waals surface area contributed by atoms with Crippen molar-refractivity contribution in [3.05, 3.63) is 0 Å². The van der Waals surface area contributed by atoms with Gasteiger partial charge in [0.1, 0.15) is 12.0 Å². The lowest BCUT2D eigenvalue weighted by molar-refractivity contribution is -0.147. The Morgan fingerprint density at radius 2 is 1.59 bits per heavy atom. The lowest BCUT2D eigenvalue weighted by atomic mass is 10.1. The molecule has 0 saturated heterocycles. The third-order valence-corrected chi connectivity index (χ3v) is 2.20. The number of carboxylic acids is 1. The molecule has 6 nitrogen and oxygen atoms in total. The van der Waals surface area contributed by atoms with Crippen LogP contribution >= 0.6 is 0 Å². The molecule has 0 fully saturated rings. The van der Waals surface area contributed by atoms with E-state index >= 15 is 0 Å². The second kappa shape index (κ2) is 6.88. The van der Waals surface area contributed by atoms with E-state index in [0.29, 0.717) is 12.5 Å². The number of carbonyl (C=O) groups is 3. The summed E-state index contributed by atoms with van der Waals surface area (Å²) in [6.45, 7) is 7.22. The fourth-order valence-corrected chi connectivity index (χ4v) is 0.974. The van der Waals surface area contributed by atoms with E-state index < -0.39 is 23.8 Å². The molecule has 0 rings (SSSR count). The van der Waals surface area contributed by atoms with E-state index in [9.17, 15) is 14.4 Å². The van der Waals surface area contributed by atoms with Gasteiger partial charge in [-0.25, -0.2) is 0 Å². The highest BCUT2D eigenvalue weighted by atomic mass is 16.4. The Morgan fingerprint density at radius 3 is 2.00 bits per heavy atom. The molecule has 0 aliphatic carbocycles. The van der Waals surface area contributed by atoms with Gasteiger partial charge in [0.2, 0.25) is 11.8 Å². The third kappa shape index (κ3) is 5.89. The van der Waals surface area contributed by atoms with Crippen LogP contribution in [0.15, 0.2) is 0 Å². The van der Waals surface area contributed by atoms with E-state index in [-0.39, 0.29) is 5.91 Å². The molecule has 0 aromatic heterocycles. The van der Waals surface area contributed by atoms with E-state index in [1.54, 1.807) is 0 Å². The minimum absolute atomic E-state index is 0.315. The van der Waals surface area contributed by atoms with Crippen molar-refractivity contribution in [3.63, 3.8) is 0 Å². The molecular formula is C11H20N2O4. The van der Waals surface area contributed by atoms with Crippen molar-refractivity contribution in [1.82, 2.24) is 10.6 Å². The van der Waals surface area contributed by atoms with E-state index in [0.717, 1.165) is 0 Å². The molecule has 0 aliphatic rings. The summed E-state index contributed by atoms with van der Waals surface area (Å²) >= 11 is 0. The van der Waals surface area contributed by atoms with E-state index in [1.165, 1.54) is 13.8 Å². The molecule has 0 aromatic carbocycles. The van der Waals surface area contributed by atoms with Gasteiger partial charge in [-0.2, -0.15) is 0 Å². The highest BCUT2D eigenvalue weighted by molar-refractivity contribution is 5.98. The van der Waals surface area contributed by atoms with Crippen molar-refractivity contribution in [2.75, 3.05) is 6.54 Å². The molecule has 0 aromatic rings. The van der Waals surface area contributed by atoms with Gasteiger partial charge in [0.15, 0.2) is 0 Å². The minimum Gasteiger partial charge on any atom is -0.481 e. The molecule has 0 aliphatic heterocycles. The first-order valence-corrected chi connectivity index (χ1v) is 5.56. The Kier molecular flexibility index (Phi) is 6.23. The fraction of sp³-hybridized carbons (Fsp3) is 0.727. The van der Waals surface area contributed by atoms with Crippen molar-refractivity contribution in [1.29, 1.82) is 0 Å². The standard InChI is InChI=1S/C11H20N2O4/c1-6(2)5-12-10(15)8(4)13-9(14)7(3)11(16)17/h6-8H,5H2,1-4H3,(H,12,15)(H,13,14)(H,16,17). The molecule has 6 heteroatoms. The fourth-order valence-electron chi connectivity index (χ4n) is 0.974. The van der Waals surface area contributed by atoms with Gasteiger partial charge in [-0.1, -0.05) is 13.8 Å². The van der Waals surface area contributed by atoms with Crippen LogP contribution in [0, 0.1) is 11.8 Å². The highest BCUT2D eigenvalue weighted by Gasteiger charge is 2.24. The SMILES string of the molecule is CC(C)CNC(=O)C(C)NC(=O)C(C)C(=O)O. The zero-order valence-electron chi connectivity index (χ0n) is 10.6. The average molecular weight is 244 g/mol. The van der Waals surface area contributed by atoms with Gasteiger partial charge in [-0.05, 0) is 19.8 Å². The first kappa shape index (κ1) is 15.4. The first-order chi connectivity index (χ1) is 7.75. The Morgan fingerprint density at radius 1 is 1.06 bits per heavy atom. The lowest BCUT2D eigenvalue weighted by Gasteiger charge is -2.16. The second-order valence-corrected chi connectivity index (χ2v) is 4.43. The van der Waals surface area contributed by atoms with Crippen LogP contribution in [-0.4, -0.2) is 35.5 Å². The number of carbonyl (C=O) groups excluding carboxylic acids is 2. The molecule has 3 N–H and O–H groups in total. The monoisotopic (exact) mass is 244 g/mol. The van der Waals surface area contributed by atoms with Gasteiger partial charge in [0, 0.05) is 6.54 Å². The van der Waals surface area contributed by atoms with Crippen LogP contribution in [0.3, 0.4) is 0 Å². The number of carboxylic acid groups (broad SMARTS) is 1. The predicted molar refractivity (Wildman–Crippen MR) is 62.3 cm³/mol. The van der Waals surface area contributed by atoms with Crippen LogP contribution in [0.5, 0.6) is 0 Å². The van der Waals surface area contributed by atoms with Crippen molar-refractivity contribution in [2.24, 2.45) is 11.8 Å². The number of aliphatic carboxylic acids is 1. The number of hydrogen-bond donors (Lipinski definition) is 3. The lowest BCUT2D eigenvalue weighted by Crippen LogP contribution is -2.48. The zero-order chi connectivity index (χ0) is 13.6. The number of hydrogen-bond acceptors (Lipinski definition) is 3. The molecule has 2 unspecified atom stereocenters. The molecule has 0 radical (unpaired) electrons. The number of nitrogens with one attached hydrogen (secondary N) is 2. The van der Waals surface area contributed by atoms with Gasteiger partial charge >= 0.3 is 5.97 Å². The van der Waals surface area contributed by atoms with Crippen molar-refractivity contribution >= 4 is 17.8 Å². The normalized spacial score (nSPS) is 13.9. The molecule has 17 heavy (non-hydrogen) atoms. The quantitative estimate of drug-likeness (QED) is 0.572. The molecule has 98 valence electrons. The minimum atomic E-state index is -1.21. The summed E-state index contributed by atoms with van der Waals surface area (Å²) in [5.74, 6) is -3.03. The first-order valence-electron chi connectivity index (χ1n) is 5.56. The van der Waals surface area contributed by atoms with E-state index in [2.05, 4.69) is 10.6 Å². The molecule has 0 heterocycles. The largest absolute Gasteiger partial charge is 0.481 e. The summed E-state index contributed by atoms with van der Waals surface area (Å²) in [7, 11) is 0. The molecule has 2 atom stereocenters. The van der Waals surface area contributed by atoms with Crippen LogP contribution in [0.2, 0.25) is 0 Å². The summed E-state index contributed by atoms with van der Waals surface area (Å²) in [5.41, 5.74) is 0. The topological polar surface area (TPSA) is 95.5 Å². The van der Waals surface area contributed by atoms with Crippen LogP contribution in [0.25, 0.3) is 0 Å². The van der Waals surface area contributed by atoms with Crippen molar-refractivity contribution in [3.8, 4) is 0 Å². The number of rotatable bonds is 6. The molecular weight excluding hydrogens is 224 g/mol. The van der Waals surface area contributed by atoms with Gasteiger partial charge < -0.3 is 15.7 Å². The molecule has 2 amide bonds. The van der Waals surface area contributed by atoms with Crippen LogP contribution in [-0.2, 0) is 14.4 Å². The van der Waals surface area contributed by atoms with Crippen molar-refractivity contribution in [2.45, 2.75) is 33.7 Å². The summed E-state index contributed by atoms with van der Waals surface area (Å²) in [4.78, 5) is 33.4. The third-order valence-electron chi connectivity index (χ3n) is 2.20. The average Bonchev–Trinajstić information content (AvgIpc) is 2.24. The van der Waals surface area contributed by atoms with Crippen LogP contribution in [0.1, 0.15) is 27.7 Å². The van der Waals surface area contributed by atoms with Gasteiger partial charge in [-0.3, -0.25) is 14.4 Å². The molecule has 0 bridgehead atoms. The Hall–Kier alpha value is -1.59. The smallest absolute Gasteiger partial charge is 0.315 e. The maximum Gasteiger partial charge on any atom is 0.315 e. The van der Waals surface area contributed by atoms with Gasteiger partial charge in [0.25, 0.3) is 0 Å². The maximum atomic E-state index is 11.5. The van der Waals surface area contributed by atoms with Gasteiger partial charge in [-0.15, -0.1) is 0 Å². The summed E-state index contributed by atoms with van der Waals surface area (Å²) in [6.07, 6.45) is 0. The maximum absolute atomic E-state index is 11.5. The zero-order valence-corrected chi connectivity index (χ0v) is 10.6. The van der Waals surface area contributed by atoms with E-state index in [1.807, 2.05) is 13.8 Å². The van der Waals surface area contributed by atoms with E-state index in [4.69, 9.17) is 5.11 Å². The molecule has 0 spiro atoms. The predicted octanol–water partition coefficient (Wildman–Crippen LogP) is -0.0160. The Labute approximate surface area is 101 Å². The summed E-state index contributed by atoms with van der Waals surface area (Å²) < 4.78 is 0. The highest BCUT2D eigenvalue weighted by Crippen LogP contribution is 1.96. The Balaban J connectivity index is 4.16. The molecule has 0 saturated carbocycles. The summed E-state index contributed by atoms with van der Waals surface area (Å²) in [6, 6.07) is -0.733. The summed E-state index contributed by atoms with van der Waals surface area (Å²) in [5, 5.41) is 13.6.